The Morgan fingerprint density at radius 2 is 1.24 bits per heavy atom. The number of hydrogen-bond donors (Lipinski definition) is 1. The second-order valence-electron chi connectivity index (χ2n) is 7.85. The lowest BCUT2D eigenvalue weighted by molar-refractivity contribution is -0.155. The fraction of sp³-hybridized carbons (Fsp3) is 0.889. The molecule has 0 amide bonds. The molecule has 1 N–H and O–H groups in total. The van der Waals surface area contributed by atoms with E-state index in [-0.39, 0.29) is 38.0 Å². The molecule has 0 bridgehead atoms. The number of esters is 2. The van der Waals surface area contributed by atoms with Crippen molar-refractivity contribution in [3.05, 3.63) is 0 Å². The van der Waals surface area contributed by atoms with Gasteiger partial charge >= 0.3 is 11.9 Å². The molecule has 0 aromatic carbocycles. The minimum absolute atomic E-state index is 0.0319. The first-order valence-electron chi connectivity index (χ1n) is 8.77. The van der Waals surface area contributed by atoms with Gasteiger partial charge in [0.15, 0.2) is 0 Å². The van der Waals surface area contributed by atoms with Gasteiger partial charge in [-0.3, -0.25) is 14.5 Å². The number of ether oxygens (including phenoxy) is 3. The van der Waals surface area contributed by atoms with Crippen LogP contribution in [0.1, 0.15) is 54.4 Å². The summed E-state index contributed by atoms with van der Waals surface area (Å²) in [4.78, 5) is 25.7. The smallest absolute Gasteiger partial charge is 0.307 e. The molecule has 0 radical (unpaired) electrons. The van der Waals surface area contributed by atoms with E-state index in [1.165, 1.54) is 0 Å². The topological polar surface area (TPSA) is 85.3 Å². The first-order chi connectivity index (χ1) is 11.4. The summed E-state index contributed by atoms with van der Waals surface area (Å²) in [6.07, 6.45) is 0.483. The summed E-state index contributed by atoms with van der Waals surface area (Å²) < 4.78 is 15.9. The lowest BCUT2D eigenvalue weighted by Crippen LogP contribution is -2.34. The summed E-state index contributed by atoms with van der Waals surface area (Å²) >= 11 is 0. The fourth-order valence-corrected chi connectivity index (χ4v) is 1.98. The van der Waals surface area contributed by atoms with Gasteiger partial charge in [-0.2, -0.15) is 0 Å². The molecule has 0 unspecified atom stereocenters. The molecule has 0 aromatic rings. The maximum atomic E-state index is 11.9. The molecule has 0 aliphatic heterocycles. The van der Waals surface area contributed by atoms with Gasteiger partial charge in [-0.1, -0.05) is 0 Å². The van der Waals surface area contributed by atoms with Gasteiger partial charge in [0.2, 0.25) is 0 Å². The van der Waals surface area contributed by atoms with Crippen molar-refractivity contribution in [2.75, 3.05) is 39.5 Å². The largest absolute Gasteiger partial charge is 0.460 e. The van der Waals surface area contributed by atoms with Crippen molar-refractivity contribution in [2.45, 2.75) is 65.6 Å². The molecule has 0 heterocycles. The number of nitrogens with zero attached hydrogens (tertiary/aromatic N) is 1. The molecule has 0 fully saturated rings. The van der Waals surface area contributed by atoms with Crippen molar-refractivity contribution in [2.24, 2.45) is 0 Å². The number of aliphatic hydroxyl groups is 1. The molecule has 0 saturated heterocycles. The van der Waals surface area contributed by atoms with Crippen LogP contribution < -0.4 is 0 Å². The second-order valence-corrected chi connectivity index (χ2v) is 7.85. The van der Waals surface area contributed by atoms with E-state index in [1.54, 1.807) is 0 Å². The molecule has 0 spiro atoms. The molecule has 7 nitrogen and oxygen atoms in total. The van der Waals surface area contributed by atoms with Gasteiger partial charge in [0.1, 0.15) is 11.2 Å². The van der Waals surface area contributed by atoms with Crippen LogP contribution in [-0.2, 0) is 23.8 Å². The summed E-state index contributed by atoms with van der Waals surface area (Å²) in [5.74, 6) is -0.544. The van der Waals surface area contributed by atoms with Crippen LogP contribution >= 0.6 is 0 Å². The van der Waals surface area contributed by atoms with Crippen molar-refractivity contribution in [3.8, 4) is 0 Å². The molecule has 0 aromatic heterocycles. The average Bonchev–Trinajstić information content (AvgIpc) is 2.41. The standard InChI is InChI=1S/C18H35NO6/c1-17(2,3)24-15(21)7-9-19(11-13-23-14-12-20)10-8-16(22)25-18(4,5)6/h20H,7-14H2,1-6H3. The van der Waals surface area contributed by atoms with Gasteiger partial charge in [0, 0.05) is 19.6 Å². The maximum absolute atomic E-state index is 11.9. The van der Waals surface area contributed by atoms with Gasteiger partial charge in [0.25, 0.3) is 0 Å². The molecular formula is C18H35NO6. The van der Waals surface area contributed by atoms with Gasteiger partial charge in [-0.15, -0.1) is 0 Å². The third kappa shape index (κ3) is 16.1. The van der Waals surface area contributed by atoms with Crippen molar-refractivity contribution in [1.82, 2.24) is 4.90 Å². The number of carbonyl (C=O) groups is 2. The monoisotopic (exact) mass is 361 g/mol. The molecule has 7 heteroatoms. The molecule has 25 heavy (non-hydrogen) atoms. The molecule has 0 saturated carbocycles. The van der Waals surface area contributed by atoms with Crippen LogP contribution in [0.5, 0.6) is 0 Å². The Balaban J connectivity index is 4.39. The van der Waals surface area contributed by atoms with E-state index in [1.807, 2.05) is 46.4 Å². The summed E-state index contributed by atoms with van der Waals surface area (Å²) in [5, 5.41) is 8.74. The lowest BCUT2D eigenvalue weighted by atomic mass is 10.2. The third-order valence-corrected chi connectivity index (χ3v) is 2.89. The van der Waals surface area contributed by atoms with Crippen LogP contribution in [0.4, 0.5) is 0 Å². The van der Waals surface area contributed by atoms with E-state index in [4.69, 9.17) is 19.3 Å². The lowest BCUT2D eigenvalue weighted by Gasteiger charge is -2.24. The molecule has 148 valence electrons. The Hall–Kier alpha value is -1.18. The van der Waals surface area contributed by atoms with Gasteiger partial charge in [-0.25, -0.2) is 0 Å². The van der Waals surface area contributed by atoms with Gasteiger partial charge in [0.05, 0.1) is 32.7 Å². The van der Waals surface area contributed by atoms with Gasteiger partial charge in [-0.05, 0) is 41.5 Å². The van der Waals surface area contributed by atoms with Crippen molar-refractivity contribution in [3.63, 3.8) is 0 Å². The molecule has 0 aliphatic rings. The van der Waals surface area contributed by atoms with Crippen LogP contribution in [-0.4, -0.2) is 72.6 Å². The average molecular weight is 361 g/mol. The Labute approximate surface area is 151 Å². The summed E-state index contributed by atoms with van der Waals surface area (Å²) in [5.41, 5.74) is -1.02. The highest BCUT2D eigenvalue weighted by Gasteiger charge is 2.19. The SMILES string of the molecule is CC(C)(C)OC(=O)CCN(CCOCCO)CCC(=O)OC(C)(C)C. The summed E-state index contributed by atoms with van der Waals surface area (Å²) in [6.45, 7) is 13.1. The maximum Gasteiger partial charge on any atom is 0.307 e. The Bertz CT molecular complexity index is 365. The first-order valence-corrected chi connectivity index (χ1v) is 8.77. The predicted octanol–water partition coefficient (Wildman–Crippen LogP) is 1.76. The highest BCUT2D eigenvalue weighted by atomic mass is 16.6. The highest BCUT2D eigenvalue weighted by molar-refractivity contribution is 5.70. The Morgan fingerprint density at radius 3 is 1.60 bits per heavy atom. The second kappa shape index (κ2) is 11.4. The van der Waals surface area contributed by atoms with E-state index in [0.717, 1.165) is 0 Å². The van der Waals surface area contributed by atoms with Crippen LogP contribution in [0.25, 0.3) is 0 Å². The minimum Gasteiger partial charge on any atom is -0.460 e. The van der Waals surface area contributed by atoms with Crippen molar-refractivity contribution < 1.29 is 28.9 Å². The summed E-state index contributed by atoms with van der Waals surface area (Å²) in [7, 11) is 0. The van der Waals surface area contributed by atoms with Gasteiger partial charge < -0.3 is 19.3 Å². The number of hydrogen-bond acceptors (Lipinski definition) is 7. The van der Waals surface area contributed by atoms with Crippen molar-refractivity contribution in [1.29, 1.82) is 0 Å². The number of rotatable bonds is 11. The zero-order valence-corrected chi connectivity index (χ0v) is 16.6. The number of carbonyl (C=O) groups excluding carboxylic acids is 2. The van der Waals surface area contributed by atoms with Crippen LogP contribution in [0, 0.1) is 0 Å². The van der Waals surface area contributed by atoms with Crippen LogP contribution in [0.3, 0.4) is 0 Å². The molecule has 0 aliphatic carbocycles. The van der Waals surface area contributed by atoms with E-state index in [9.17, 15) is 9.59 Å². The zero-order chi connectivity index (χ0) is 19.5. The Morgan fingerprint density at radius 1 is 0.800 bits per heavy atom. The fourth-order valence-electron chi connectivity index (χ4n) is 1.98. The zero-order valence-electron chi connectivity index (χ0n) is 16.6. The number of aliphatic hydroxyl groups excluding tert-OH is 1. The molecule has 0 rings (SSSR count). The highest BCUT2D eigenvalue weighted by Crippen LogP contribution is 2.10. The van der Waals surface area contributed by atoms with Crippen LogP contribution in [0.2, 0.25) is 0 Å². The van der Waals surface area contributed by atoms with E-state index in [2.05, 4.69) is 0 Å². The molecular weight excluding hydrogens is 326 g/mol. The normalized spacial score (nSPS) is 12.3. The van der Waals surface area contributed by atoms with E-state index in [0.29, 0.717) is 26.2 Å². The predicted molar refractivity (Wildman–Crippen MR) is 95.3 cm³/mol. The third-order valence-electron chi connectivity index (χ3n) is 2.89. The molecule has 0 atom stereocenters. The minimum atomic E-state index is -0.511. The van der Waals surface area contributed by atoms with E-state index < -0.39 is 11.2 Å². The van der Waals surface area contributed by atoms with E-state index >= 15 is 0 Å². The summed E-state index contributed by atoms with van der Waals surface area (Å²) in [6, 6.07) is 0. The first kappa shape index (κ1) is 23.8. The van der Waals surface area contributed by atoms with Crippen LogP contribution in [0.15, 0.2) is 0 Å². The Kier molecular flexibility index (Phi) is 10.9. The quantitative estimate of drug-likeness (QED) is 0.443. The van der Waals surface area contributed by atoms with Crippen molar-refractivity contribution >= 4 is 11.9 Å².